The van der Waals surface area contributed by atoms with E-state index in [1.54, 1.807) is 7.11 Å². The van der Waals surface area contributed by atoms with E-state index in [0.29, 0.717) is 5.92 Å². The summed E-state index contributed by atoms with van der Waals surface area (Å²) in [5.41, 5.74) is 0.750. The van der Waals surface area contributed by atoms with Crippen LogP contribution in [0, 0.1) is 0 Å². The van der Waals surface area contributed by atoms with Crippen molar-refractivity contribution in [3.8, 4) is 5.75 Å². The van der Waals surface area contributed by atoms with Crippen LogP contribution in [0.1, 0.15) is 38.4 Å². The molecule has 3 rings (SSSR count). The Hall–Kier alpha value is -2.50. The van der Waals surface area contributed by atoms with Crippen molar-refractivity contribution < 1.29 is 9.53 Å². The molecule has 134 valence electrons. The highest BCUT2D eigenvalue weighted by Gasteiger charge is 2.29. The second-order valence-corrected chi connectivity index (χ2v) is 6.74. The van der Waals surface area contributed by atoms with Crippen molar-refractivity contribution in [3.05, 3.63) is 42.5 Å². The molecule has 0 saturated carbocycles. The van der Waals surface area contributed by atoms with Gasteiger partial charge in [0.2, 0.25) is 0 Å². The Morgan fingerprint density at radius 1 is 1.44 bits per heavy atom. The standard InChI is InChI=1S/C19H26N4O2/c1-14(2)18-20-9-11-22(18)13-16-7-5-10-23(16)19(24)21-15-6-4-8-17(12-15)25-3/h4,6,8-9,11-12,14,16H,5,7,10,13H2,1-3H3,(H,21,24)/t16-/m1/s1. The van der Waals surface area contributed by atoms with Gasteiger partial charge in [-0.05, 0) is 25.0 Å². The predicted octanol–water partition coefficient (Wildman–Crippen LogP) is 3.71. The molecule has 6 heteroatoms. The van der Waals surface area contributed by atoms with Gasteiger partial charge in [-0.3, -0.25) is 0 Å². The van der Waals surface area contributed by atoms with Gasteiger partial charge in [-0.1, -0.05) is 19.9 Å². The number of carbonyl (C=O) groups is 1. The van der Waals surface area contributed by atoms with Gasteiger partial charge < -0.3 is 19.5 Å². The first-order chi connectivity index (χ1) is 12.1. The van der Waals surface area contributed by atoms with E-state index in [1.165, 1.54) is 0 Å². The maximum Gasteiger partial charge on any atom is 0.322 e. The smallest absolute Gasteiger partial charge is 0.322 e. The molecule has 1 aliphatic heterocycles. The predicted molar refractivity (Wildman–Crippen MR) is 98.1 cm³/mol. The van der Waals surface area contributed by atoms with Gasteiger partial charge in [-0.25, -0.2) is 9.78 Å². The van der Waals surface area contributed by atoms with E-state index in [0.717, 1.165) is 43.2 Å². The Kier molecular flexibility index (Phi) is 5.26. The zero-order valence-electron chi connectivity index (χ0n) is 15.1. The minimum absolute atomic E-state index is 0.0537. The number of likely N-dealkylation sites (tertiary alicyclic amines) is 1. The highest BCUT2D eigenvalue weighted by atomic mass is 16.5. The normalized spacial score (nSPS) is 17.1. The molecule has 0 radical (unpaired) electrons. The van der Waals surface area contributed by atoms with Gasteiger partial charge in [0.25, 0.3) is 0 Å². The first kappa shape index (κ1) is 17.3. The van der Waals surface area contributed by atoms with Crippen molar-refractivity contribution in [1.82, 2.24) is 14.5 Å². The van der Waals surface area contributed by atoms with E-state index in [-0.39, 0.29) is 12.1 Å². The zero-order valence-corrected chi connectivity index (χ0v) is 15.1. The number of hydrogen-bond donors (Lipinski definition) is 1. The van der Waals surface area contributed by atoms with E-state index in [9.17, 15) is 4.79 Å². The molecule has 1 aromatic heterocycles. The number of imidazole rings is 1. The molecule has 1 aromatic carbocycles. The van der Waals surface area contributed by atoms with E-state index >= 15 is 0 Å². The first-order valence-corrected chi connectivity index (χ1v) is 8.81. The van der Waals surface area contributed by atoms with Gasteiger partial charge in [-0.2, -0.15) is 0 Å². The summed E-state index contributed by atoms with van der Waals surface area (Å²) in [5, 5.41) is 2.99. The number of nitrogens with zero attached hydrogens (tertiary/aromatic N) is 3. The van der Waals surface area contributed by atoms with Crippen LogP contribution in [-0.4, -0.2) is 40.2 Å². The number of benzene rings is 1. The topological polar surface area (TPSA) is 59.4 Å². The lowest BCUT2D eigenvalue weighted by molar-refractivity contribution is 0.200. The summed E-state index contributed by atoms with van der Waals surface area (Å²) in [5.74, 6) is 2.17. The van der Waals surface area contributed by atoms with Crippen LogP contribution in [0.15, 0.2) is 36.7 Å². The summed E-state index contributed by atoms with van der Waals surface area (Å²) in [6.45, 7) is 5.85. The third-order valence-electron chi connectivity index (χ3n) is 4.63. The van der Waals surface area contributed by atoms with Crippen molar-refractivity contribution in [1.29, 1.82) is 0 Å². The fraction of sp³-hybridized carbons (Fsp3) is 0.474. The Bertz CT molecular complexity index is 726. The van der Waals surface area contributed by atoms with E-state index in [4.69, 9.17) is 4.74 Å². The van der Waals surface area contributed by atoms with Crippen molar-refractivity contribution in [2.45, 2.75) is 45.2 Å². The van der Waals surface area contributed by atoms with E-state index < -0.39 is 0 Å². The molecular formula is C19H26N4O2. The number of urea groups is 1. The van der Waals surface area contributed by atoms with Crippen molar-refractivity contribution in [2.75, 3.05) is 19.0 Å². The molecule has 0 aliphatic carbocycles. The molecule has 0 unspecified atom stereocenters. The SMILES string of the molecule is COc1cccc(NC(=O)N2CCC[C@@H]2Cn2ccnc2C(C)C)c1. The number of hydrogen-bond acceptors (Lipinski definition) is 3. The van der Waals surface area contributed by atoms with Crippen molar-refractivity contribution in [3.63, 3.8) is 0 Å². The fourth-order valence-electron chi connectivity index (χ4n) is 3.39. The number of nitrogens with one attached hydrogen (secondary N) is 1. The number of amides is 2. The average Bonchev–Trinajstić information content (AvgIpc) is 3.24. The molecule has 6 nitrogen and oxygen atoms in total. The van der Waals surface area contributed by atoms with Gasteiger partial charge in [-0.15, -0.1) is 0 Å². The van der Waals surface area contributed by atoms with Crippen molar-refractivity contribution >= 4 is 11.7 Å². The van der Waals surface area contributed by atoms with Crippen LogP contribution in [0.3, 0.4) is 0 Å². The lowest BCUT2D eigenvalue weighted by Gasteiger charge is -2.26. The maximum atomic E-state index is 12.7. The molecule has 0 spiro atoms. The van der Waals surface area contributed by atoms with Gasteiger partial charge in [0.15, 0.2) is 0 Å². The molecule has 1 N–H and O–H groups in total. The second kappa shape index (κ2) is 7.59. The number of carbonyl (C=O) groups excluding carboxylic acids is 1. The van der Waals surface area contributed by atoms with Gasteiger partial charge >= 0.3 is 6.03 Å². The summed E-state index contributed by atoms with van der Waals surface area (Å²) < 4.78 is 7.39. The van der Waals surface area contributed by atoms with E-state index in [2.05, 4.69) is 28.7 Å². The fourth-order valence-corrected chi connectivity index (χ4v) is 3.39. The molecule has 1 atom stereocenters. The van der Waals surface area contributed by atoms with Gasteiger partial charge in [0.05, 0.1) is 13.2 Å². The van der Waals surface area contributed by atoms with E-state index in [1.807, 2.05) is 41.6 Å². The molecule has 2 aromatic rings. The van der Waals surface area contributed by atoms with Gasteiger partial charge in [0.1, 0.15) is 11.6 Å². The summed E-state index contributed by atoms with van der Waals surface area (Å²) in [6, 6.07) is 7.57. The number of rotatable bonds is 5. The first-order valence-electron chi connectivity index (χ1n) is 8.81. The Balaban J connectivity index is 1.68. The van der Waals surface area contributed by atoms with Crippen LogP contribution in [0.5, 0.6) is 5.75 Å². The number of anilines is 1. The molecule has 25 heavy (non-hydrogen) atoms. The largest absolute Gasteiger partial charge is 0.497 e. The molecule has 1 aliphatic rings. The number of aromatic nitrogens is 2. The van der Waals surface area contributed by atoms with Crippen LogP contribution >= 0.6 is 0 Å². The third kappa shape index (κ3) is 3.95. The Labute approximate surface area is 148 Å². The zero-order chi connectivity index (χ0) is 17.8. The monoisotopic (exact) mass is 342 g/mol. The minimum atomic E-state index is -0.0537. The molecule has 0 bridgehead atoms. The third-order valence-corrected chi connectivity index (χ3v) is 4.63. The minimum Gasteiger partial charge on any atom is -0.497 e. The summed E-state index contributed by atoms with van der Waals surface area (Å²) in [4.78, 5) is 19.1. The van der Waals surface area contributed by atoms with Crippen LogP contribution in [0.2, 0.25) is 0 Å². The highest BCUT2D eigenvalue weighted by molar-refractivity contribution is 5.89. The van der Waals surface area contributed by atoms with Crippen LogP contribution in [-0.2, 0) is 6.54 Å². The Morgan fingerprint density at radius 2 is 2.28 bits per heavy atom. The number of methoxy groups -OCH3 is 1. The number of ether oxygens (including phenoxy) is 1. The summed E-state index contributed by atoms with van der Waals surface area (Å²) in [7, 11) is 1.62. The van der Waals surface area contributed by atoms with Crippen LogP contribution < -0.4 is 10.1 Å². The molecule has 1 fully saturated rings. The molecular weight excluding hydrogens is 316 g/mol. The quantitative estimate of drug-likeness (QED) is 0.901. The van der Waals surface area contributed by atoms with Crippen LogP contribution in [0.25, 0.3) is 0 Å². The molecule has 1 saturated heterocycles. The summed E-state index contributed by atoms with van der Waals surface area (Å²) in [6.07, 6.45) is 5.89. The summed E-state index contributed by atoms with van der Waals surface area (Å²) >= 11 is 0. The van der Waals surface area contributed by atoms with Crippen LogP contribution in [0.4, 0.5) is 10.5 Å². The lowest BCUT2D eigenvalue weighted by Crippen LogP contribution is -2.41. The average molecular weight is 342 g/mol. The Morgan fingerprint density at radius 3 is 3.04 bits per heavy atom. The maximum absolute atomic E-state index is 12.7. The second-order valence-electron chi connectivity index (χ2n) is 6.74. The van der Waals surface area contributed by atoms with Gasteiger partial charge in [0, 0.05) is 43.2 Å². The molecule has 2 amide bonds. The van der Waals surface area contributed by atoms with Crippen molar-refractivity contribution in [2.24, 2.45) is 0 Å². The highest BCUT2D eigenvalue weighted by Crippen LogP contribution is 2.23. The molecule has 2 heterocycles. The lowest BCUT2D eigenvalue weighted by atomic mass is 10.2.